The van der Waals surface area contributed by atoms with E-state index in [0.29, 0.717) is 25.7 Å². The number of carboxylic acid groups (broad SMARTS) is 3. The van der Waals surface area contributed by atoms with Gasteiger partial charge < -0.3 is 15.3 Å². The summed E-state index contributed by atoms with van der Waals surface area (Å²) in [4.78, 5) is 37.7. The first-order valence-corrected chi connectivity index (χ1v) is 16.4. The number of hydrogen-bond donors (Lipinski definition) is 3. The Kier molecular flexibility index (Phi) is 22.7. The van der Waals surface area contributed by atoms with Crippen molar-refractivity contribution in [3.8, 4) is 0 Å². The Balaban J connectivity index is 5.14. The lowest BCUT2D eigenvalue weighted by Gasteiger charge is -2.50. The zero-order valence-electron chi connectivity index (χ0n) is 26.2. The molecule has 3 N–H and O–H groups in total. The molecule has 0 aromatic rings. The smallest absolute Gasteiger partial charge is 0.362 e. The molecule has 0 radical (unpaired) electrons. The molecule has 40 heavy (non-hydrogen) atoms. The van der Waals surface area contributed by atoms with E-state index in [2.05, 4.69) is 19.1 Å². The topological polar surface area (TPSA) is 112 Å². The van der Waals surface area contributed by atoms with Gasteiger partial charge in [0, 0.05) is 19.3 Å². The minimum absolute atomic E-state index is 0.267. The first kappa shape index (κ1) is 38.1. The molecule has 0 saturated heterocycles. The van der Waals surface area contributed by atoms with Gasteiger partial charge in [0.25, 0.3) is 0 Å². The Morgan fingerprint density at radius 1 is 0.500 bits per heavy atom. The maximum Gasteiger partial charge on any atom is 0.362 e. The highest BCUT2D eigenvalue weighted by atomic mass is 16.4. The fourth-order valence-corrected chi connectivity index (χ4v) is 6.28. The van der Waals surface area contributed by atoms with Crippen LogP contribution in [0.25, 0.3) is 0 Å². The average Bonchev–Trinajstić information content (AvgIpc) is 2.91. The molecule has 234 valence electrons. The van der Waals surface area contributed by atoms with E-state index in [9.17, 15) is 29.7 Å². The molecule has 0 aliphatic heterocycles. The van der Waals surface area contributed by atoms with Crippen LogP contribution in [0.3, 0.4) is 0 Å². The number of carbonyl (C=O) groups is 3. The van der Waals surface area contributed by atoms with Gasteiger partial charge in [0.05, 0.1) is 6.54 Å². The summed E-state index contributed by atoms with van der Waals surface area (Å²) in [6.07, 6.45) is 23.2. The number of rotatable bonds is 28. The molecule has 0 bridgehead atoms. The van der Waals surface area contributed by atoms with E-state index >= 15 is 0 Å². The van der Waals surface area contributed by atoms with Gasteiger partial charge in [-0.15, -0.1) is 0 Å². The third kappa shape index (κ3) is 14.1. The molecule has 0 heterocycles. The minimum atomic E-state index is -1.09. The van der Waals surface area contributed by atoms with Crippen LogP contribution < -0.4 is 0 Å². The molecule has 0 aliphatic carbocycles. The Bertz CT molecular complexity index is 647. The summed E-state index contributed by atoms with van der Waals surface area (Å²) in [6, 6.07) is -3.14. The second-order valence-corrected chi connectivity index (χ2v) is 11.6. The van der Waals surface area contributed by atoms with Crippen molar-refractivity contribution in [3.63, 3.8) is 0 Å². The average molecular weight is 569 g/mol. The van der Waals surface area contributed by atoms with Crippen LogP contribution in [-0.2, 0) is 14.4 Å². The normalized spacial score (nSPS) is 15.5. The van der Waals surface area contributed by atoms with Crippen molar-refractivity contribution in [1.82, 2.24) is 0 Å². The molecule has 0 fully saturated rings. The van der Waals surface area contributed by atoms with E-state index in [1.807, 2.05) is 20.8 Å². The van der Waals surface area contributed by atoms with Crippen molar-refractivity contribution in [2.45, 2.75) is 174 Å². The van der Waals surface area contributed by atoms with Crippen LogP contribution in [0.5, 0.6) is 0 Å². The number of nitrogens with zero attached hydrogens (tertiary/aromatic N) is 1. The number of aliphatic carboxylic acids is 3. The van der Waals surface area contributed by atoms with Crippen molar-refractivity contribution < 1.29 is 34.2 Å². The van der Waals surface area contributed by atoms with Crippen LogP contribution in [-0.4, -0.2) is 62.4 Å². The van der Waals surface area contributed by atoms with E-state index in [1.165, 1.54) is 44.9 Å². The lowest BCUT2D eigenvalue weighted by molar-refractivity contribution is -0.973. The molecule has 0 rings (SSSR count). The zero-order chi connectivity index (χ0) is 30.2. The van der Waals surface area contributed by atoms with Gasteiger partial charge in [0.2, 0.25) is 0 Å². The lowest BCUT2D eigenvalue weighted by atomic mass is 9.91. The number of hydrogen-bond acceptors (Lipinski definition) is 3. The molecule has 7 nitrogen and oxygen atoms in total. The molecule has 0 aromatic carbocycles. The Morgan fingerprint density at radius 2 is 0.825 bits per heavy atom. The molecule has 3 unspecified atom stereocenters. The van der Waals surface area contributed by atoms with Gasteiger partial charge in [0.15, 0.2) is 18.1 Å². The second-order valence-electron chi connectivity index (χ2n) is 11.6. The largest absolute Gasteiger partial charge is 0.477 e. The molecule has 0 aliphatic rings. The van der Waals surface area contributed by atoms with Crippen molar-refractivity contribution in [1.29, 1.82) is 0 Å². The van der Waals surface area contributed by atoms with Crippen LogP contribution in [0, 0.1) is 0 Å². The number of quaternary nitrogens is 1. The predicted molar refractivity (Wildman–Crippen MR) is 164 cm³/mol. The lowest BCUT2D eigenvalue weighted by Crippen LogP contribution is -2.72. The van der Waals surface area contributed by atoms with Crippen LogP contribution >= 0.6 is 0 Å². The van der Waals surface area contributed by atoms with Gasteiger partial charge in [-0.1, -0.05) is 91.2 Å². The summed E-state index contributed by atoms with van der Waals surface area (Å²) in [5.41, 5.74) is 0. The molecule has 0 saturated carbocycles. The molecule has 0 spiro atoms. The minimum Gasteiger partial charge on any atom is -0.477 e. The summed E-state index contributed by atoms with van der Waals surface area (Å²) in [5, 5.41) is 30.8. The summed E-state index contributed by atoms with van der Waals surface area (Å²) >= 11 is 0. The van der Waals surface area contributed by atoms with Crippen molar-refractivity contribution in [2.24, 2.45) is 0 Å². The van der Waals surface area contributed by atoms with Gasteiger partial charge in [-0.2, -0.15) is 0 Å². The number of carboxylic acids is 3. The molecule has 3 atom stereocenters. The molecule has 0 aromatic heterocycles. The summed E-state index contributed by atoms with van der Waals surface area (Å²) in [5.74, 6) is -3.26. The molecular formula is C33H62NO6+. The zero-order valence-corrected chi connectivity index (χ0v) is 26.2. The quantitative estimate of drug-likeness (QED) is 0.0495. The third-order valence-corrected chi connectivity index (χ3v) is 8.34. The molecule has 0 amide bonds. The van der Waals surface area contributed by atoms with Crippen LogP contribution in [0.1, 0.15) is 156 Å². The predicted octanol–water partition coefficient (Wildman–Crippen LogP) is 8.60. The van der Waals surface area contributed by atoms with Gasteiger partial charge in [0.1, 0.15) is 0 Å². The van der Waals surface area contributed by atoms with E-state index in [0.717, 1.165) is 38.5 Å². The van der Waals surface area contributed by atoms with Crippen LogP contribution in [0.2, 0.25) is 0 Å². The van der Waals surface area contributed by atoms with Gasteiger partial charge in [-0.25, -0.2) is 14.4 Å². The highest BCUT2D eigenvalue weighted by Crippen LogP contribution is 2.34. The maximum absolute atomic E-state index is 12.6. The van der Waals surface area contributed by atoms with E-state index in [4.69, 9.17) is 0 Å². The van der Waals surface area contributed by atoms with Crippen molar-refractivity contribution >= 4 is 17.9 Å². The summed E-state index contributed by atoms with van der Waals surface area (Å²) < 4.78 is -0.376. The molecular weight excluding hydrogens is 506 g/mol. The Labute approximate surface area is 245 Å². The Morgan fingerprint density at radius 3 is 1.15 bits per heavy atom. The molecule has 7 heteroatoms. The number of unbranched alkanes of at least 4 members (excludes halogenated alkanes) is 12. The summed E-state index contributed by atoms with van der Waals surface area (Å²) in [7, 11) is 0. The first-order valence-electron chi connectivity index (χ1n) is 16.4. The summed E-state index contributed by atoms with van der Waals surface area (Å²) in [6.45, 7) is 8.14. The van der Waals surface area contributed by atoms with E-state index < -0.39 is 36.0 Å². The fourth-order valence-electron chi connectivity index (χ4n) is 6.28. The van der Waals surface area contributed by atoms with Gasteiger partial charge in [-0.3, -0.25) is 4.48 Å². The van der Waals surface area contributed by atoms with Gasteiger partial charge in [-0.05, 0) is 57.8 Å². The fraction of sp³-hybridized carbons (Fsp3) is 0.848. The van der Waals surface area contributed by atoms with Crippen LogP contribution in [0.4, 0.5) is 0 Å². The monoisotopic (exact) mass is 568 g/mol. The second kappa shape index (κ2) is 23.8. The van der Waals surface area contributed by atoms with Crippen LogP contribution in [0.15, 0.2) is 12.2 Å². The van der Waals surface area contributed by atoms with E-state index in [1.54, 1.807) is 0 Å². The van der Waals surface area contributed by atoms with Gasteiger partial charge >= 0.3 is 17.9 Å². The third-order valence-electron chi connectivity index (χ3n) is 8.34. The van der Waals surface area contributed by atoms with Crippen molar-refractivity contribution in [2.75, 3.05) is 6.54 Å². The number of allylic oxidation sites excluding steroid dienone is 2. The highest BCUT2D eigenvalue weighted by Gasteiger charge is 2.56. The van der Waals surface area contributed by atoms with Crippen molar-refractivity contribution in [3.05, 3.63) is 12.2 Å². The van der Waals surface area contributed by atoms with E-state index in [-0.39, 0.29) is 30.3 Å². The standard InChI is InChI=1S/C33H61NO6/c1-5-9-10-11-12-13-14-15-16-17-18-19-20-21-22-23-27-34(28(24-6-2)31(35)36,29(25-7-3)32(37)38)30(26-8-4)33(39)40/h15-16,28-30H,5-14,17-27H2,1-4H3,(H2-,35,36,37,38,39,40)/p+1/b16-15+. The SMILES string of the molecule is CCCCCCCC/C=C/CCCCCCCC[N+](C(CCC)C(=O)O)(C(CCC)C(=O)O)C(CCC)C(=O)O. The Hall–Kier alpha value is -1.89. The highest BCUT2D eigenvalue weighted by molar-refractivity contribution is 5.78. The first-order chi connectivity index (χ1) is 19.2. The maximum atomic E-state index is 12.6.